The second-order valence-corrected chi connectivity index (χ2v) is 6.10. The van der Waals surface area contributed by atoms with Crippen LogP contribution in [0.25, 0.3) is 0 Å². The molecule has 0 spiro atoms. The highest BCUT2D eigenvalue weighted by Gasteiger charge is 2.19. The zero-order valence-corrected chi connectivity index (χ0v) is 15.1. The van der Waals surface area contributed by atoms with Gasteiger partial charge in [0.2, 0.25) is 5.88 Å². The van der Waals surface area contributed by atoms with Crippen molar-refractivity contribution in [1.82, 2.24) is 9.55 Å². The Morgan fingerprint density at radius 2 is 2.04 bits per heavy atom. The number of nitriles is 1. The molecule has 0 aliphatic carbocycles. The van der Waals surface area contributed by atoms with Gasteiger partial charge >= 0.3 is 0 Å². The summed E-state index contributed by atoms with van der Waals surface area (Å²) in [7, 11) is 0. The Morgan fingerprint density at radius 3 is 2.70 bits per heavy atom. The van der Waals surface area contributed by atoms with Crippen LogP contribution in [0.15, 0.2) is 63.8 Å². The fourth-order valence-electron chi connectivity index (χ4n) is 2.51. The molecule has 27 heavy (non-hydrogen) atoms. The Balaban J connectivity index is 2.14. The first-order chi connectivity index (χ1) is 13.0. The molecule has 0 aliphatic heterocycles. The second-order valence-electron chi connectivity index (χ2n) is 5.69. The first-order valence-corrected chi connectivity index (χ1v) is 8.32. The molecular formula is C19H14ClN5O2. The Hall–Kier alpha value is -3.50. The predicted molar refractivity (Wildman–Crippen MR) is 101 cm³/mol. The monoisotopic (exact) mass is 379 g/mol. The van der Waals surface area contributed by atoms with Gasteiger partial charge in [-0.1, -0.05) is 29.8 Å². The molecule has 0 amide bonds. The summed E-state index contributed by atoms with van der Waals surface area (Å²) in [6, 6.07) is 12.2. The Labute approximate surface area is 159 Å². The molecule has 3 aromatic rings. The average Bonchev–Trinajstić information content (AvgIpc) is 2.67. The van der Waals surface area contributed by atoms with Gasteiger partial charge in [0.05, 0.1) is 11.6 Å². The topological polar surface area (TPSA) is 104 Å². The fourth-order valence-corrected chi connectivity index (χ4v) is 2.69. The molecule has 134 valence electrons. The molecule has 1 aromatic carbocycles. The van der Waals surface area contributed by atoms with Crippen molar-refractivity contribution < 1.29 is 5.11 Å². The van der Waals surface area contributed by atoms with Crippen molar-refractivity contribution in [2.24, 2.45) is 10.2 Å². The van der Waals surface area contributed by atoms with E-state index in [4.69, 9.17) is 11.6 Å². The summed E-state index contributed by atoms with van der Waals surface area (Å²) in [6.45, 7) is 1.58. The van der Waals surface area contributed by atoms with Crippen molar-refractivity contribution in [2.75, 3.05) is 0 Å². The molecule has 0 atom stereocenters. The smallest absolute Gasteiger partial charge is 0.281 e. The van der Waals surface area contributed by atoms with E-state index in [0.29, 0.717) is 16.3 Å². The molecule has 1 N–H and O–H groups in total. The van der Waals surface area contributed by atoms with Gasteiger partial charge in [0.25, 0.3) is 5.56 Å². The average molecular weight is 380 g/mol. The van der Waals surface area contributed by atoms with E-state index < -0.39 is 11.4 Å². The number of hydrogen-bond donors (Lipinski definition) is 1. The maximum atomic E-state index is 12.9. The normalized spacial score (nSPS) is 10.9. The summed E-state index contributed by atoms with van der Waals surface area (Å²) >= 11 is 6.06. The summed E-state index contributed by atoms with van der Waals surface area (Å²) in [5.41, 5.74) is 0.696. The summed E-state index contributed by atoms with van der Waals surface area (Å²) in [5.74, 6) is -0.416. The molecule has 0 unspecified atom stereocenters. The molecular weight excluding hydrogens is 366 g/mol. The third-order valence-electron chi connectivity index (χ3n) is 3.94. The standard InChI is InChI=1S/C19H14ClN5O2/c1-12-14(9-21)18(26)25(11-13-5-4-8-22-10-13)19(27)17(12)24-23-16-7-3-2-6-15(16)20/h2-8,10,26H,11H2,1H3. The molecule has 0 radical (unpaired) electrons. The molecule has 7 nitrogen and oxygen atoms in total. The minimum absolute atomic E-state index is 0.0341. The van der Waals surface area contributed by atoms with E-state index in [0.717, 1.165) is 4.57 Å². The lowest BCUT2D eigenvalue weighted by Crippen LogP contribution is -2.22. The van der Waals surface area contributed by atoms with Crippen molar-refractivity contribution >= 4 is 23.0 Å². The first kappa shape index (κ1) is 18.3. The van der Waals surface area contributed by atoms with Gasteiger partial charge in [0.15, 0.2) is 5.69 Å². The second kappa shape index (κ2) is 7.81. The third kappa shape index (κ3) is 3.71. The van der Waals surface area contributed by atoms with E-state index >= 15 is 0 Å². The molecule has 0 aliphatic rings. The number of aromatic nitrogens is 2. The van der Waals surface area contributed by atoms with E-state index in [9.17, 15) is 15.2 Å². The Morgan fingerprint density at radius 1 is 1.26 bits per heavy atom. The van der Waals surface area contributed by atoms with E-state index in [-0.39, 0.29) is 23.4 Å². The zero-order valence-electron chi connectivity index (χ0n) is 14.3. The summed E-state index contributed by atoms with van der Waals surface area (Å²) in [6.07, 6.45) is 3.17. The molecule has 3 rings (SSSR count). The van der Waals surface area contributed by atoms with Crippen molar-refractivity contribution in [3.05, 3.63) is 80.9 Å². The van der Waals surface area contributed by atoms with Crippen molar-refractivity contribution in [2.45, 2.75) is 13.5 Å². The van der Waals surface area contributed by atoms with Gasteiger partial charge in [0.1, 0.15) is 17.3 Å². The third-order valence-corrected chi connectivity index (χ3v) is 4.26. The van der Waals surface area contributed by atoms with Crippen molar-refractivity contribution in [3.8, 4) is 11.9 Å². The Bertz CT molecular complexity index is 1120. The van der Waals surface area contributed by atoms with Gasteiger partial charge in [0, 0.05) is 18.0 Å². The summed E-state index contributed by atoms with van der Waals surface area (Å²) in [5, 5.41) is 28.2. The number of aromatic hydroxyl groups is 1. The lowest BCUT2D eigenvalue weighted by atomic mass is 10.1. The van der Waals surface area contributed by atoms with Gasteiger partial charge in [-0.2, -0.15) is 5.26 Å². The molecule has 2 heterocycles. The lowest BCUT2D eigenvalue weighted by Gasteiger charge is -2.13. The van der Waals surface area contributed by atoms with Crippen LogP contribution in [0, 0.1) is 18.3 Å². The molecule has 0 saturated carbocycles. The van der Waals surface area contributed by atoms with Gasteiger partial charge in [-0.3, -0.25) is 14.3 Å². The minimum atomic E-state index is -0.566. The SMILES string of the molecule is Cc1c(C#N)c(O)n(Cc2cccnc2)c(=O)c1N=Nc1ccccc1Cl. The number of azo groups is 1. The highest BCUT2D eigenvalue weighted by atomic mass is 35.5. The number of hydrogen-bond acceptors (Lipinski definition) is 6. The number of pyridine rings is 2. The highest BCUT2D eigenvalue weighted by molar-refractivity contribution is 6.32. The van der Waals surface area contributed by atoms with E-state index in [1.54, 1.807) is 48.8 Å². The highest BCUT2D eigenvalue weighted by Crippen LogP contribution is 2.29. The van der Waals surface area contributed by atoms with Crippen LogP contribution in [-0.4, -0.2) is 14.7 Å². The zero-order chi connectivity index (χ0) is 19.4. The van der Waals surface area contributed by atoms with Crippen LogP contribution in [-0.2, 0) is 6.54 Å². The van der Waals surface area contributed by atoms with Crippen LogP contribution in [0.1, 0.15) is 16.7 Å². The molecule has 8 heteroatoms. The largest absolute Gasteiger partial charge is 0.493 e. The van der Waals surface area contributed by atoms with Crippen LogP contribution >= 0.6 is 11.6 Å². The maximum Gasteiger partial charge on any atom is 0.281 e. The van der Waals surface area contributed by atoms with Gasteiger partial charge in [-0.15, -0.1) is 10.2 Å². The van der Waals surface area contributed by atoms with Crippen LogP contribution < -0.4 is 5.56 Å². The maximum absolute atomic E-state index is 12.9. The van der Waals surface area contributed by atoms with E-state index in [2.05, 4.69) is 15.2 Å². The molecule has 0 bridgehead atoms. The number of benzene rings is 1. The first-order valence-electron chi connectivity index (χ1n) is 7.94. The minimum Gasteiger partial charge on any atom is -0.493 e. The summed E-state index contributed by atoms with van der Waals surface area (Å²) < 4.78 is 1.07. The molecule has 0 fully saturated rings. The van der Waals surface area contributed by atoms with Crippen molar-refractivity contribution in [1.29, 1.82) is 5.26 Å². The Kier molecular flexibility index (Phi) is 5.29. The van der Waals surface area contributed by atoms with Crippen molar-refractivity contribution in [3.63, 3.8) is 0 Å². The van der Waals surface area contributed by atoms with Gasteiger partial charge in [-0.05, 0) is 30.7 Å². The summed E-state index contributed by atoms with van der Waals surface area (Å²) in [4.78, 5) is 16.9. The quantitative estimate of drug-likeness (QED) is 0.684. The molecule has 0 saturated heterocycles. The predicted octanol–water partition coefficient (Wildman–Crippen LogP) is 4.25. The number of nitrogens with zero attached hydrogens (tertiary/aromatic N) is 5. The van der Waals surface area contributed by atoms with Gasteiger partial charge in [-0.25, -0.2) is 0 Å². The van der Waals surface area contributed by atoms with Crippen LogP contribution in [0.3, 0.4) is 0 Å². The van der Waals surface area contributed by atoms with E-state index in [1.807, 2.05) is 6.07 Å². The van der Waals surface area contributed by atoms with Crippen LogP contribution in [0.4, 0.5) is 11.4 Å². The number of rotatable bonds is 4. The fraction of sp³-hybridized carbons (Fsp3) is 0.105. The number of halogens is 1. The lowest BCUT2D eigenvalue weighted by molar-refractivity contribution is 0.412. The molecule has 2 aromatic heterocycles. The van der Waals surface area contributed by atoms with E-state index in [1.165, 1.54) is 6.92 Å². The van der Waals surface area contributed by atoms with Gasteiger partial charge < -0.3 is 5.11 Å². The van der Waals surface area contributed by atoms with Crippen LogP contribution in [0.5, 0.6) is 5.88 Å². The van der Waals surface area contributed by atoms with Crippen LogP contribution in [0.2, 0.25) is 5.02 Å².